The summed E-state index contributed by atoms with van der Waals surface area (Å²) in [5, 5.41) is 9.17. The maximum absolute atomic E-state index is 12.4. The largest absolute Gasteiger partial charge is 0.361 e. The van der Waals surface area contributed by atoms with Crippen LogP contribution in [0, 0.1) is 6.92 Å². The number of nitrogens with zero attached hydrogens (tertiary/aromatic N) is 3. The lowest BCUT2D eigenvalue weighted by atomic mass is 10.2. The van der Waals surface area contributed by atoms with Crippen molar-refractivity contribution in [2.24, 2.45) is 0 Å². The van der Waals surface area contributed by atoms with E-state index in [1.54, 1.807) is 0 Å². The van der Waals surface area contributed by atoms with Gasteiger partial charge in [0, 0.05) is 45.3 Å². The number of aryl methyl sites for hydroxylation is 1. The van der Waals surface area contributed by atoms with Crippen LogP contribution in [0.4, 0.5) is 4.79 Å². The van der Waals surface area contributed by atoms with Gasteiger partial charge in [-0.3, -0.25) is 19.9 Å². The molecule has 0 bridgehead atoms. The fourth-order valence-corrected chi connectivity index (χ4v) is 3.23. The number of rotatable bonds is 6. The van der Waals surface area contributed by atoms with Crippen LogP contribution in [0.3, 0.4) is 0 Å². The molecule has 1 fully saturated rings. The Labute approximate surface area is 164 Å². The highest BCUT2D eigenvalue weighted by molar-refractivity contribution is 5.96. The number of nitrogens with one attached hydrogen (secondary N) is 2. The first kappa shape index (κ1) is 20.0. The fourth-order valence-electron chi connectivity index (χ4n) is 3.23. The van der Waals surface area contributed by atoms with Crippen molar-refractivity contribution >= 4 is 11.9 Å². The SMILES string of the molecule is Cc1cc(CN2CCN(C(C)C(=O)NC(=O)NCc3ccccc3)CC2)no1. The molecule has 8 nitrogen and oxygen atoms in total. The van der Waals surface area contributed by atoms with Crippen molar-refractivity contribution in [1.29, 1.82) is 0 Å². The minimum atomic E-state index is -0.472. The van der Waals surface area contributed by atoms with E-state index < -0.39 is 6.03 Å². The second kappa shape index (κ2) is 9.48. The Morgan fingerprint density at radius 2 is 1.89 bits per heavy atom. The van der Waals surface area contributed by atoms with Gasteiger partial charge >= 0.3 is 6.03 Å². The molecule has 2 heterocycles. The van der Waals surface area contributed by atoms with Gasteiger partial charge in [-0.1, -0.05) is 35.5 Å². The summed E-state index contributed by atoms with van der Waals surface area (Å²) in [4.78, 5) is 28.7. The average molecular weight is 385 g/mol. The zero-order valence-electron chi connectivity index (χ0n) is 16.4. The van der Waals surface area contributed by atoms with Gasteiger partial charge < -0.3 is 9.84 Å². The smallest absolute Gasteiger partial charge is 0.321 e. The molecule has 150 valence electrons. The standard InChI is InChI=1S/C20H27N5O3/c1-15-12-18(23-28-15)14-24-8-10-25(11-9-24)16(2)19(26)22-20(27)21-13-17-6-4-3-5-7-17/h3-7,12,16H,8-11,13-14H2,1-2H3,(H2,21,22,26,27). The lowest BCUT2D eigenvalue weighted by Gasteiger charge is -2.36. The predicted molar refractivity (Wildman–Crippen MR) is 104 cm³/mol. The van der Waals surface area contributed by atoms with E-state index in [-0.39, 0.29) is 11.9 Å². The molecule has 8 heteroatoms. The lowest BCUT2D eigenvalue weighted by Crippen LogP contribution is -2.55. The number of piperazine rings is 1. The molecule has 1 aromatic carbocycles. The molecule has 0 radical (unpaired) electrons. The molecule has 1 aromatic heterocycles. The average Bonchev–Trinajstić information content (AvgIpc) is 3.12. The second-order valence-electron chi connectivity index (χ2n) is 7.07. The number of benzene rings is 1. The quantitative estimate of drug-likeness (QED) is 0.783. The van der Waals surface area contributed by atoms with Gasteiger partial charge in [0.2, 0.25) is 5.91 Å². The molecule has 0 saturated carbocycles. The van der Waals surface area contributed by atoms with E-state index in [9.17, 15) is 9.59 Å². The molecule has 3 amide bonds. The van der Waals surface area contributed by atoms with Gasteiger partial charge in [-0.15, -0.1) is 0 Å². The summed E-state index contributed by atoms with van der Waals surface area (Å²) < 4.78 is 5.10. The number of hydrogen-bond donors (Lipinski definition) is 2. The summed E-state index contributed by atoms with van der Waals surface area (Å²) in [7, 11) is 0. The number of carbonyl (C=O) groups is 2. The van der Waals surface area contributed by atoms with Crippen molar-refractivity contribution in [3.63, 3.8) is 0 Å². The third-order valence-electron chi connectivity index (χ3n) is 4.93. The van der Waals surface area contributed by atoms with Crippen LogP contribution >= 0.6 is 0 Å². The van der Waals surface area contributed by atoms with Crippen LogP contribution in [-0.4, -0.2) is 59.1 Å². The van der Waals surface area contributed by atoms with E-state index in [1.807, 2.05) is 50.2 Å². The van der Waals surface area contributed by atoms with Gasteiger partial charge in [0.25, 0.3) is 0 Å². The molecule has 1 atom stereocenters. The second-order valence-corrected chi connectivity index (χ2v) is 7.07. The Kier molecular flexibility index (Phi) is 6.78. The molecule has 1 aliphatic rings. The molecule has 0 aliphatic carbocycles. The highest BCUT2D eigenvalue weighted by Crippen LogP contribution is 2.11. The third kappa shape index (κ3) is 5.64. The zero-order chi connectivity index (χ0) is 19.9. The molecule has 28 heavy (non-hydrogen) atoms. The van der Waals surface area contributed by atoms with Crippen LogP contribution in [0.25, 0.3) is 0 Å². The van der Waals surface area contributed by atoms with Crippen molar-refractivity contribution < 1.29 is 14.1 Å². The maximum Gasteiger partial charge on any atom is 0.321 e. The lowest BCUT2D eigenvalue weighted by molar-refractivity contribution is -0.125. The Morgan fingerprint density at radius 1 is 1.18 bits per heavy atom. The Bertz CT molecular complexity index is 784. The highest BCUT2D eigenvalue weighted by Gasteiger charge is 2.26. The van der Waals surface area contributed by atoms with Crippen LogP contribution in [-0.2, 0) is 17.9 Å². The van der Waals surface area contributed by atoms with Crippen LogP contribution in [0.1, 0.15) is 23.9 Å². The van der Waals surface area contributed by atoms with E-state index >= 15 is 0 Å². The van der Waals surface area contributed by atoms with E-state index in [4.69, 9.17) is 4.52 Å². The van der Waals surface area contributed by atoms with Crippen molar-refractivity contribution in [1.82, 2.24) is 25.6 Å². The minimum Gasteiger partial charge on any atom is -0.361 e. The van der Waals surface area contributed by atoms with Gasteiger partial charge in [-0.05, 0) is 19.4 Å². The third-order valence-corrected chi connectivity index (χ3v) is 4.93. The van der Waals surface area contributed by atoms with Crippen LogP contribution < -0.4 is 10.6 Å². The van der Waals surface area contributed by atoms with Gasteiger partial charge in [0.1, 0.15) is 5.76 Å². The molecule has 1 saturated heterocycles. The normalized spacial score (nSPS) is 16.5. The fraction of sp³-hybridized carbons (Fsp3) is 0.450. The molecule has 2 N–H and O–H groups in total. The Hall–Kier alpha value is -2.71. The van der Waals surface area contributed by atoms with Crippen molar-refractivity contribution in [2.75, 3.05) is 26.2 Å². The summed E-state index contributed by atoms with van der Waals surface area (Å²) in [6, 6.07) is 10.7. The number of imide groups is 1. The van der Waals surface area contributed by atoms with E-state index in [0.717, 1.165) is 49.7 Å². The van der Waals surface area contributed by atoms with Crippen molar-refractivity contribution in [3.8, 4) is 0 Å². The van der Waals surface area contributed by atoms with Crippen LogP contribution in [0.15, 0.2) is 40.9 Å². The maximum atomic E-state index is 12.4. The molecular weight excluding hydrogens is 358 g/mol. The van der Waals surface area contributed by atoms with E-state index in [2.05, 4.69) is 25.6 Å². The number of amides is 3. The molecule has 3 rings (SSSR count). The monoisotopic (exact) mass is 385 g/mol. The summed E-state index contributed by atoms with van der Waals surface area (Å²) in [6.07, 6.45) is 0. The molecular formula is C20H27N5O3. The number of hydrogen-bond acceptors (Lipinski definition) is 6. The van der Waals surface area contributed by atoms with Crippen molar-refractivity contribution in [2.45, 2.75) is 33.0 Å². The first-order chi connectivity index (χ1) is 13.5. The Balaban J connectivity index is 1.39. The van der Waals surface area contributed by atoms with Crippen LogP contribution in [0.2, 0.25) is 0 Å². The van der Waals surface area contributed by atoms with Gasteiger partial charge in [-0.2, -0.15) is 0 Å². The topological polar surface area (TPSA) is 90.7 Å². The molecule has 1 aliphatic heterocycles. The summed E-state index contributed by atoms with van der Waals surface area (Å²) in [5.74, 6) is 0.524. The number of aromatic nitrogens is 1. The first-order valence-corrected chi connectivity index (χ1v) is 9.52. The zero-order valence-corrected chi connectivity index (χ0v) is 16.4. The van der Waals surface area contributed by atoms with Crippen molar-refractivity contribution in [3.05, 3.63) is 53.4 Å². The van der Waals surface area contributed by atoms with Gasteiger partial charge in [0.15, 0.2) is 0 Å². The van der Waals surface area contributed by atoms with Gasteiger partial charge in [-0.25, -0.2) is 4.79 Å². The molecule has 2 aromatic rings. The summed E-state index contributed by atoms with van der Waals surface area (Å²) in [6.45, 7) is 8.03. The van der Waals surface area contributed by atoms with Crippen LogP contribution in [0.5, 0.6) is 0 Å². The van der Waals surface area contributed by atoms with Gasteiger partial charge in [0.05, 0.1) is 11.7 Å². The molecule has 0 spiro atoms. The Morgan fingerprint density at radius 3 is 2.54 bits per heavy atom. The van der Waals surface area contributed by atoms with E-state index in [1.165, 1.54) is 0 Å². The summed E-state index contributed by atoms with van der Waals surface area (Å²) >= 11 is 0. The molecule has 1 unspecified atom stereocenters. The minimum absolute atomic E-state index is 0.286. The number of carbonyl (C=O) groups excluding carboxylic acids is 2. The predicted octanol–water partition coefficient (Wildman–Crippen LogP) is 1.52. The first-order valence-electron chi connectivity index (χ1n) is 9.52. The highest BCUT2D eigenvalue weighted by atomic mass is 16.5. The number of urea groups is 1. The van der Waals surface area contributed by atoms with E-state index in [0.29, 0.717) is 6.54 Å². The summed E-state index contributed by atoms with van der Waals surface area (Å²) in [5.41, 5.74) is 1.91.